The summed E-state index contributed by atoms with van der Waals surface area (Å²) in [7, 11) is 0. The Morgan fingerprint density at radius 3 is 1.91 bits per heavy atom. The van der Waals surface area contributed by atoms with Gasteiger partial charge in [-0.3, -0.25) is 0 Å². The predicted molar refractivity (Wildman–Crippen MR) is 49.8 cm³/mol. The molecule has 0 N–H and O–H groups in total. The van der Waals surface area contributed by atoms with Crippen LogP contribution in [0.25, 0.3) is 0 Å². The molecule has 0 bridgehead atoms. The van der Waals surface area contributed by atoms with E-state index in [9.17, 15) is 0 Å². The Balaban J connectivity index is 0.000001000. The third kappa shape index (κ3) is 4.41. The van der Waals surface area contributed by atoms with E-state index in [0.717, 1.165) is 0 Å². The van der Waals surface area contributed by atoms with E-state index in [1.54, 1.807) is 0 Å². The van der Waals surface area contributed by atoms with E-state index in [1.165, 1.54) is 25.7 Å². The van der Waals surface area contributed by atoms with Crippen molar-refractivity contribution in [3.8, 4) is 0 Å². The zero-order valence-electron chi connectivity index (χ0n) is 7.31. The van der Waals surface area contributed by atoms with E-state index in [1.807, 2.05) is 0 Å². The van der Waals surface area contributed by atoms with Crippen LogP contribution in [0.1, 0.15) is 53.9 Å². The van der Waals surface area contributed by atoms with E-state index < -0.39 is 0 Å². The van der Waals surface area contributed by atoms with E-state index in [-0.39, 0.29) is 13.0 Å². The lowest BCUT2D eigenvalue weighted by molar-refractivity contribution is -0.0558. The molecule has 0 radical (unpaired) electrons. The highest BCUT2D eigenvalue weighted by molar-refractivity contribution is 4.71. The fraction of sp³-hybridized carbons (Fsp3) is 1.00. The van der Waals surface area contributed by atoms with E-state index >= 15 is 0 Å². The zero-order chi connectivity index (χ0) is 7.61. The van der Waals surface area contributed by atoms with Gasteiger partial charge in [0, 0.05) is 0 Å². The summed E-state index contributed by atoms with van der Waals surface area (Å²) in [4.78, 5) is 0. The molecule has 1 saturated carbocycles. The van der Waals surface area contributed by atoms with Crippen molar-refractivity contribution < 1.29 is 4.74 Å². The van der Waals surface area contributed by atoms with Gasteiger partial charge in [-0.25, -0.2) is 0 Å². The first-order chi connectivity index (χ1) is 4.58. The SMILES string of the molecule is C.CC(C)(C)OC1CCCC1. The average molecular weight is 158 g/mol. The Hall–Kier alpha value is -0.0400. The van der Waals surface area contributed by atoms with Gasteiger partial charge in [-0.05, 0) is 33.6 Å². The molecule has 0 aromatic heterocycles. The van der Waals surface area contributed by atoms with Crippen LogP contribution in [0.3, 0.4) is 0 Å². The van der Waals surface area contributed by atoms with Gasteiger partial charge >= 0.3 is 0 Å². The molecule has 0 aliphatic heterocycles. The van der Waals surface area contributed by atoms with Gasteiger partial charge < -0.3 is 4.74 Å². The van der Waals surface area contributed by atoms with Crippen LogP contribution in [0.2, 0.25) is 0 Å². The average Bonchev–Trinajstić information content (AvgIpc) is 2.12. The van der Waals surface area contributed by atoms with Gasteiger partial charge in [-0.2, -0.15) is 0 Å². The lowest BCUT2D eigenvalue weighted by Crippen LogP contribution is -2.25. The topological polar surface area (TPSA) is 9.23 Å². The minimum Gasteiger partial charge on any atom is -0.373 e. The molecule has 1 nitrogen and oxygen atoms in total. The Labute approximate surface area is 71.1 Å². The third-order valence-corrected chi connectivity index (χ3v) is 1.82. The van der Waals surface area contributed by atoms with Crippen LogP contribution in [-0.2, 0) is 4.74 Å². The molecule has 0 aromatic rings. The van der Waals surface area contributed by atoms with Crippen LogP contribution < -0.4 is 0 Å². The second-order valence-corrected chi connectivity index (χ2v) is 4.14. The fourth-order valence-corrected chi connectivity index (χ4v) is 1.51. The molecule has 0 heterocycles. The number of hydrogen-bond donors (Lipinski definition) is 0. The predicted octanol–water partition coefficient (Wildman–Crippen LogP) is 3.38. The molecule has 1 aliphatic carbocycles. The van der Waals surface area contributed by atoms with Gasteiger partial charge in [-0.15, -0.1) is 0 Å². The van der Waals surface area contributed by atoms with Crippen LogP contribution in [0.15, 0.2) is 0 Å². The van der Waals surface area contributed by atoms with E-state index in [2.05, 4.69) is 20.8 Å². The summed E-state index contributed by atoms with van der Waals surface area (Å²) in [5.74, 6) is 0. The molecule has 0 unspecified atom stereocenters. The Kier molecular flexibility index (Phi) is 4.09. The molecule has 1 heteroatoms. The van der Waals surface area contributed by atoms with Gasteiger partial charge in [0.1, 0.15) is 0 Å². The van der Waals surface area contributed by atoms with Crippen LogP contribution in [0.4, 0.5) is 0 Å². The molecule has 0 spiro atoms. The van der Waals surface area contributed by atoms with Gasteiger partial charge in [0.15, 0.2) is 0 Å². The monoisotopic (exact) mass is 158 g/mol. The molecule has 0 amide bonds. The lowest BCUT2D eigenvalue weighted by atomic mass is 10.2. The first-order valence-corrected chi connectivity index (χ1v) is 4.26. The summed E-state index contributed by atoms with van der Waals surface area (Å²) in [6, 6.07) is 0. The normalized spacial score (nSPS) is 19.9. The summed E-state index contributed by atoms with van der Waals surface area (Å²) in [6.07, 6.45) is 5.83. The molecule has 68 valence electrons. The van der Waals surface area contributed by atoms with Crippen LogP contribution >= 0.6 is 0 Å². The first kappa shape index (κ1) is 11.0. The smallest absolute Gasteiger partial charge is 0.0602 e. The summed E-state index contributed by atoms with van der Waals surface area (Å²) < 4.78 is 5.80. The van der Waals surface area contributed by atoms with Crippen LogP contribution in [0.5, 0.6) is 0 Å². The quantitative estimate of drug-likeness (QED) is 0.568. The van der Waals surface area contributed by atoms with Gasteiger partial charge in [-0.1, -0.05) is 20.3 Å². The van der Waals surface area contributed by atoms with Crippen molar-refractivity contribution in [1.29, 1.82) is 0 Å². The largest absolute Gasteiger partial charge is 0.373 e. The maximum Gasteiger partial charge on any atom is 0.0602 e. The van der Waals surface area contributed by atoms with Gasteiger partial charge in [0.25, 0.3) is 0 Å². The molecular weight excluding hydrogens is 136 g/mol. The van der Waals surface area contributed by atoms with E-state index in [0.29, 0.717) is 6.10 Å². The summed E-state index contributed by atoms with van der Waals surface area (Å²) in [5.41, 5.74) is 0.0645. The lowest BCUT2D eigenvalue weighted by Gasteiger charge is -2.24. The molecule has 0 saturated heterocycles. The third-order valence-electron chi connectivity index (χ3n) is 1.82. The van der Waals surface area contributed by atoms with Crippen molar-refractivity contribution in [2.24, 2.45) is 0 Å². The maximum atomic E-state index is 5.80. The highest BCUT2D eigenvalue weighted by Crippen LogP contribution is 2.25. The minimum atomic E-state index is 0. The van der Waals surface area contributed by atoms with Crippen molar-refractivity contribution in [3.63, 3.8) is 0 Å². The zero-order valence-corrected chi connectivity index (χ0v) is 7.31. The number of ether oxygens (including phenoxy) is 1. The standard InChI is InChI=1S/C9H18O.CH4/c1-9(2,3)10-8-6-4-5-7-8;/h8H,4-7H2,1-3H3;1H4. The highest BCUT2D eigenvalue weighted by Gasteiger charge is 2.21. The van der Waals surface area contributed by atoms with Crippen molar-refractivity contribution in [2.75, 3.05) is 0 Å². The molecule has 0 aromatic carbocycles. The summed E-state index contributed by atoms with van der Waals surface area (Å²) in [6.45, 7) is 6.39. The van der Waals surface area contributed by atoms with Gasteiger partial charge in [0.2, 0.25) is 0 Å². The second kappa shape index (κ2) is 4.10. The van der Waals surface area contributed by atoms with Gasteiger partial charge in [0.05, 0.1) is 11.7 Å². The molecule has 0 atom stereocenters. The molecule has 1 fully saturated rings. The Morgan fingerprint density at radius 1 is 1.09 bits per heavy atom. The summed E-state index contributed by atoms with van der Waals surface area (Å²) >= 11 is 0. The second-order valence-electron chi connectivity index (χ2n) is 4.14. The maximum absolute atomic E-state index is 5.80. The highest BCUT2D eigenvalue weighted by atomic mass is 16.5. The number of rotatable bonds is 1. The first-order valence-electron chi connectivity index (χ1n) is 4.26. The van der Waals surface area contributed by atoms with Crippen molar-refractivity contribution >= 4 is 0 Å². The Bertz CT molecular complexity index is 95.9. The molecular formula is C10H22O. The van der Waals surface area contributed by atoms with Crippen molar-refractivity contribution in [3.05, 3.63) is 0 Å². The summed E-state index contributed by atoms with van der Waals surface area (Å²) in [5, 5.41) is 0. The van der Waals surface area contributed by atoms with E-state index in [4.69, 9.17) is 4.74 Å². The fourth-order valence-electron chi connectivity index (χ4n) is 1.51. The van der Waals surface area contributed by atoms with Crippen LogP contribution in [0, 0.1) is 0 Å². The molecule has 11 heavy (non-hydrogen) atoms. The number of hydrogen-bond acceptors (Lipinski definition) is 1. The van der Waals surface area contributed by atoms with Crippen molar-refractivity contribution in [2.45, 2.75) is 65.6 Å². The van der Waals surface area contributed by atoms with Crippen LogP contribution in [-0.4, -0.2) is 11.7 Å². The minimum absolute atomic E-state index is 0. The Morgan fingerprint density at radius 2 is 1.55 bits per heavy atom. The molecule has 1 aliphatic rings. The van der Waals surface area contributed by atoms with Crippen molar-refractivity contribution in [1.82, 2.24) is 0 Å². The molecule has 1 rings (SSSR count).